The van der Waals surface area contributed by atoms with Gasteiger partial charge in [-0.3, -0.25) is 0 Å². The molecule has 1 N–H and O–H groups in total. The van der Waals surface area contributed by atoms with E-state index in [1.165, 1.54) is 5.56 Å². The normalized spacial score (nSPS) is 13.8. The summed E-state index contributed by atoms with van der Waals surface area (Å²) in [5.41, 5.74) is 1.23. The Bertz CT molecular complexity index is 409. The van der Waals surface area contributed by atoms with Gasteiger partial charge >= 0.3 is 0 Å². The largest absolute Gasteiger partial charge is 0.493 e. The van der Waals surface area contributed by atoms with Gasteiger partial charge in [0.1, 0.15) is 0 Å². The molecule has 120 valence electrons. The van der Waals surface area contributed by atoms with E-state index in [2.05, 4.69) is 31.3 Å². The Hall–Kier alpha value is -1.26. The summed E-state index contributed by atoms with van der Waals surface area (Å²) in [6.45, 7) is 6.20. The van der Waals surface area contributed by atoms with E-state index in [0.29, 0.717) is 12.0 Å². The number of ether oxygens (including phenoxy) is 3. The molecule has 0 fully saturated rings. The molecular weight excluding hydrogens is 266 g/mol. The van der Waals surface area contributed by atoms with Gasteiger partial charge in [0, 0.05) is 19.8 Å². The average molecular weight is 295 g/mol. The third kappa shape index (κ3) is 5.21. The first-order valence-electron chi connectivity index (χ1n) is 7.62. The summed E-state index contributed by atoms with van der Waals surface area (Å²) >= 11 is 0. The molecule has 0 aliphatic heterocycles. The molecule has 4 nitrogen and oxygen atoms in total. The molecule has 0 radical (unpaired) electrons. The lowest BCUT2D eigenvalue weighted by molar-refractivity contribution is 0.170. The molecule has 2 unspecified atom stereocenters. The van der Waals surface area contributed by atoms with Crippen LogP contribution in [0.1, 0.15) is 38.3 Å². The van der Waals surface area contributed by atoms with E-state index in [0.717, 1.165) is 37.5 Å². The van der Waals surface area contributed by atoms with Gasteiger partial charge in [0.25, 0.3) is 0 Å². The maximum Gasteiger partial charge on any atom is 0.161 e. The lowest BCUT2D eigenvalue weighted by Gasteiger charge is -2.26. The topological polar surface area (TPSA) is 39.7 Å². The fourth-order valence-corrected chi connectivity index (χ4v) is 2.46. The summed E-state index contributed by atoms with van der Waals surface area (Å²) in [7, 11) is 5.08. The van der Waals surface area contributed by atoms with Crippen LogP contribution in [0.5, 0.6) is 11.5 Å². The maximum absolute atomic E-state index is 5.41. The molecule has 2 atom stereocenters. The van der Waals surface area contributed by atoms with Crippen LogP contribution in [0.3, 0.4) is 0 Å². The highest BCUT2D eigenvalue weighted by atomic mass is 16.5. The van der Waals surface area contributed by atoms with Crippen LogP contribution >= 0.6 is 0 Å². The fraction of sp³-hybridized carbons (Fsp3) is 0.647. The standard InChI is InChI=1S/C17H29NO3/c1-6-10-18-17(13(2)9-11-19-3)14-7-8-15(20-4)16(12-14)21-5/h7-8,12-13,17-18H,6,9-11H2,1-5H3. The number of methoxy groups -OCH3 is 3. The van der Waals surface area contributed by atoms with Crippen molar-refractivity contribution in [2.45, 2.75) is 32.7 Å². The summed E-state index contributed by atoms with van der Waals surface area (Å²) in [5.74, 6) is 2.02. The minimum atomic E-state index is 0.292. The van der Waals surface area contributed by atoms with Crippen molar-refractivity contribution in [2.75, 3.05) is 34.5 Å². The predicted octanol–water partition coefficient (Wildman–Crippen LogP) is 3.42. The van der Waals surface area contributed by atoms with Crippen molar-refractivity contribution in [3.8, 4) is 11.5 Å². The van der Waals surface area contributed by atoms with Gasteiger partial charge in [0.05, 0.1) is 14.2 Å². The van der Waals surface area contributed by atoms with E-state index in [9.17, 15) is 0 Å². The predicted molar refractivity (Wildman–Crippen MR) is 86.2 cm³/mol. The number of hydrogen-bond donors (Lipinski definition) is 1. The molecule has 4 heteroatoms. The van der Waals surface area contributed by atoms with E-state index < -0.39 is 0 Å². The van der Waals surface area contributed by atoms with Gasteiger partial charge in [-0.1, -0.05) is 19.9 Å². The fourth-order valence-electron chi connectivity index (χ4n) is 2.46. The first kappa shape index (κ1) is 17.8. The Morgan fingerprint density at radius 2 is 1.81 bits per heavy atom. The van der Waals surface area contributed by atoms with Crippen LogP contribution in [0.25, 0.3) is 0 Å². The van der Waals surface area contributed by atoms with Gasteiger partial charge in [-0.15, -0.1) is 0 Å². The summed E-state index contributed by atoms with van der Waals surface area (Å²) in [4.78, 5) is 0. The van der Waals surface area contributed by atoms with Crippen LogP contribution in [-0.4, -0.2) is 34.5 Å². The van der Waals surface area contributed by atoms with E-state index in [-0.39, 0.29) is 0 Å². The molecule has 0 aromatic heterocycles. The Labute approximate surface area is 128 Å². The van der Waals surface area contributed by atoms with Gasteiger partial charge in [-0.2, -0.15) is 0 Å². The number of nitrogens with one attached hydrogen (secondary N) is 1. The second-order valence-electron chi connectivity index (χ2n) is 5.30. The molecule has 0 saturated heterocycles. The average Bonchev–Trinajstić information content (AvgIpc) is 2.52. The molecule has 1 aromatic rings. The molecule has 0 aliphatic carbocycles. The molecule has 0 bridgehead atoms. The molecule has 0 heterocycles. The van der Waals surface area contributed by atoms with Crippen LogP contribution in [0.15, 0.2) is 18.2 Å². The number of hydrogen-bond acceptors (Lipinski definition) is 4. The van der Waals surface area contributed by atoms with Crippen LogP contribution in [-0.2, 0) is 4.74 Å². The maximum atomic E-state index is 5.41. The Morgan fingerprint density at radius 3 is 2.38 bits per heavy atom. The van der Waals surface area contributed by atoms with E-state index in [4.69, 9.17) is 14.2 Å². The second kappa shape index (κ2) is 9.64. The second-order valence-corrected chi connectivity index (χ2v) is 5.30. The lowest BCUT2D eigenvalue weighted by atomic mass is 9.91. The highest BCUT2D eigenvalue weighted by Crippen LogP contribution is 2.33. The molecular formula is C17H29NO3. The molecule has 0 spiro atoms. The molecule has 1 rings (SSSR count). The Morgan fingerprint density at radius 1 is 1.10 bits per heavy atom. The molecule has 21 heavy (non-hydrogen) atoms. The van der Waals surface area contributed by atoms with Crippen LogP contribution < -0.4 is 14.8 Å². The van der Waals surface area contributed by atoms with Crippen LogP contribution in [0.2, 0.25) is 0 Å². The lowest BCUT2D eigenvalue weighted by Crippen LogP contribution is -2.28. The highest BCUT2D eigenvalue weighted by Gasteiger charge is 2.20. The Kier molecular flexibility index (Phi) is 8.16. The monoisotopic (exact) mass is 295 g/mol. The Balaban J connectivity index is 2.95. The van der Waals surface area contributed by atoms with Gasteiger partial charge < -0.3 is 19.5 Å². The summed E-state index contributed by atoms with van der Waals surface area (Å²) in [6, 6.07) is 6.44. The van der Waals surface area contributed by atoms with Crippen molar-refractivity contribution in [3.63, 3.8) is 0 Å². The van der Waals surface area contributed by atoms with Crippen molar-refractivity contribution >= 4 is 0 Å². The molecule has 0 amide bonds. The first-order chi connectivity index (χ1) is 10.2. The van der Waals surface area contributed by atoms with Crippen molar-refractivity contribution in [1.82, 2.24) is 5.32 Å². The number of benzene rings is 1. The molecule has 0 aliphatic rings. The third-order valence-corrected chi connectivity index (χ3v) is 3.73. The zero-order valence-corrected chi connectivity index (χ0v) is 13.9. The van der Waals surface area contributed by atoms with Crippen LogP contribution in [0, 0.1) is 5.92 Å². The van der Waals surface area contributed by atoms with Gasteiger partial charge in [-0.25, -0.2) is 0 Å². The van der Waals surface area contributed by atoms with Crippen LogP contribution in [0.4, 0.5) is 0 Å². The smallest absolute Gasteiger partial charge is 0.161 e. The van der Waals surface area contributed by atoms with Gasteiger partial charge in [-0.05, 0) is 43.0 Å². The van der Waals surface area contributed by atoms with Crippen molar-refractivity contribution < 1.29 is 14.2 Å². The third-order valence-electron chi connectivity index (χ3n) is 3.73. The van der Waals surface area contributed by atoms with Crippen molar-refractivity contribution in [2.24, 2.45) is 5.92 Å². The minimum absolute atomic E-state index is 0.292. The van der Waals surface area contributed by atoms with Gasteiger partial charge in [0.15, 0.2) is 11.5 Å². The summed E-state index contributed by atoms with van der Waals surface area (Å²) in [6.07, 6.45) is 2.13. The van der Waals surface area contributed by atoms with Gasteiger partial charge in [0.2, 0.25) is 0 Å². The minimum Gasteiger partial charge on any atom is -0.493 e. The first-order valence-corrected chi connectivity index (χ1v) is 7.62. The van der Waals surface area contributed by atoms with Crippen molar-refractivity contribution in [1.29, 1.82) is 0 Å². The van der Waals surface area contributed by atoms with E-state index in [1.54, 1.807) is 21.3 Å². The number of rotatable bonds is 10. The zero-order valence-electron chi connectivity index (χ0n) is 13.9. The van der Waals surface area contributed by atoms with E-state index in [1.807, 2.05) is 6.07 Å². The summed E-state index contributed by atoms with van der Waals surface area (Å²) < 4.78 is 15.9. The zero-order chi connectivity index (χ0) is 15.7. The SMILES string of the molecule is CCCNC(c1ccc(OC)c(OC)c1)C(C)CCOC. The van der Waals surface area contributed by atoms with E-state index >= 15 is 0 Å². The summed E-state index contributed by atoms with van der Waals surface area (Å²) in [5, 5.41) is 3.63. The quantitative estimate of drug-likeness (QED) is 0.718. The molecule has 1 aromatic carbocycles. The highest BCUT2D eigenvalue weighted by molar-refractivity contribution is 5.43. The van der Waals surface area contributed by atoms with Crippen molar-refractivity contribution in [3.05, 3.63) is 23.8 Å². The molecule has 0 saturated carbocycles.